The number of rotatable bonds is 6. The highest BCUT2D eigenvalue weighted by Gasteiger charge is 2.20. The van der Waals surface area contributed by atoms with Crippen molar-refractivity contribution >= 4 is 11.5 Å². The molecule has 0 unspecified atom stereocenters. The Morgan fingerprint density at radius 2 is 2.18 bits per heavy atom. The fourth-order valence-corrected chi connectivity index (χ4v) is 2.78. The number of nitrogens with one attached hydrogen (secondary N) is 1. The zero-order chi connectivity index (χ0) is 15.9. The zero-order valence-electron chi connectivity index (χ0n) is 13.3. The van der Waals surface area contributed by atoms with Gasteiger partial charge < -0.3 is 15.0 Å². The van der Waals surface area contributed by atoms with Gasteiger partial charge in [-0.1, -0.05) is 0 Å². The number of ketones is 1. The molecule has 1 aromatic carbocycles. The summed E-state index contributed by atoms with van der Waals surface area (Å²) in [6.45, 7) is 5.32. The van der Waals surface area contributed by atoms with E-state index in [4.69, 9.17) is 10.00 Å². The van der Waals surface area contributed by atoms with Gasteiger partial charge in [0.05, 0.1) is 18.2 Å². The van der Waals surface area contributed by atoms with Gasteiger partial charge in [0, 0.05) is 44.0 Å². The average Bonchev–Trinajstić information content (AvgIpc) is 2.54. The van der Waals surface area contributed by atoms with Crippen LogP contribution >= 0.6 is 0 Å². The van der Waals surface area contributed by atoms with Crippen LogP contribution in [0.3, 0.4) is 0 Å². The fraction of sp³-hybridized carbons (Fsp3) is 0.529. The Morgan fingerprint density at radius 1 is 1.45 bits per heavy atom. The number of piperidine rings is 1. The highest BCUT2D eigenvalue weighted by Crippen LogP contribution is 2.22. The Morgan fingerprint density at radius 3 is 2.77 bits per heavy atom. The molecule has 1 aliphatic rings. The molecule has 0 aliphatic carbocycles. The second kappa shape index (κ2) is 7.92. The van der Waals surface area contributed by atoms with Crippen LogP contribution in [-0.2, 0) is 4.74 Å². The van der Waals surface area contributed by atoms with Gasteiger partial charge in [0.2, 0.25) is 0 Å². The van der Waals surface area contributed by atoms with E-state index < -0.39 is 0 Å². The monoisotopic (exact) mass is 301 g/mol. The molecule has 5 heteroatoms. The number of nitrogens with zero attached hydrogens (tertiary/aromatic N) is 2. The molecule has 2 rings (SSSR count). The fourth-order valence-electron chi connectivity index (χ4n) is 2.78. The lowest BCUT2D eigenvalue weighted by molar-refractivity contribution is 0.101. The number of hydrogen-bond donors (Lipinski definition) is 1. The zero-order valence-corrected chi connectivity index (χ0v) is 13.3. The average molecular weight is 301 g/mol. The van der Waals surface area contributed by atoms with Gasteiger partial charge in [-0.05, 0) is 38.0 Å². The maximum atomic E-state index is 11.7. The largest absolute Gasteiger partial charge is 0.383 e. The van der Waals surface area contributed by atoms with E-state index in [9.17, 15) is 4.79 Å². The molecule has 1 fully saturated rings. The molecule has 0 aromatic heterocycles. The van der Waals surface area contributed by atoms with Gasteiger partial charge in [-0.2, -0.15) is 5.26 Å². The summed E-state index contributed by atoms with van der Waals surface area (Å²) in [5.41, 5.74) is 2.01. The number of nitriles is 1. The van der Waals surface area contributed by atoms with Crippen molar-refractivity contribution in [3.63, 3.8) is 0 Å². The predicted octanol–water partition coefficient (Wildman–Crippen LogP) is 2.28. The summed E-state index contributed by atoms with van der Waals surface area (Å²) in [7, 11) is 1.72. The topological polar surface area (TPSA) is 65.4 Å². The van der Waals surface area contributed by atoms with E-state index in [-0.39, 0.29) is 5.78 Å². The first kappa shape index (κ1) is 16.5. The van der Waals surface area contributed by atoms with E-state index in [0.717, 1.165) is 44.8 Å². The number of carbonyl (C=O) groups is 1. The van der Waals surface area contributed by atoms with Crippen LogP contribution in [0.5, 0.6) is 0 Å². The number of benzene rings is 1. The van der Waals surface area contributed by atoms with Gasteiger partial charge >= 0.3 is 0 Å². The van der Waals surface area contributed by atoms with Crippen molar-refractivity contribution in [3.05, 3.63) is 29.3 Å². The van der Waals surface area contributed by atoms with E-state index in [1.165, 1.54) is 0 Å². The van der Waals surface area contributed by atoms with Crippen LogP contribution in [-0.4, -0.2) is 50.1 Å². The first-order valence-corrected chi connectivity index (χ1v) is 7.67. The molecular formula is C17H23N3O2. The van der Waals surface area contributed by atoms with Crippen LogP contribution in [0.15, 0.2) is 18.2 Å². The molecule has 0 atom stereocenters. The number of likely N-dealkylation sites (tertiary alicyclic amines) is 1. The number of anilines is 1. The van der Waals surface area contributed by atoms with E-state index in [1.807, 2.05) is 0 Å². The molecule has 0 amide bonds. The Labute approximate surface area is 131 Å². The lowest BCUT2D eigenvalue weighted by Crippen LogP contribution is -2.40. The molecule has 0 radical (unpaired) electrons. The molecule has 0 spiro atoms. The maximum Gasteiger partial charge on any atom is 0.161 e. The van der Waals surface area contributed by atoms with Crippen LogP contribution in [0.1, 0.15) is 35.7 Å². The van der Waals surface area contributed by atoms with E-state index in [1.54, 1.807) is 32.2 Å². The summed E-state index contributed by atoms with van der Waals surface area (Å²) in [6.07, 6.45) is 2.05. The summed E-state index contributed by atoms with van der Waals surface area (Å²) in [6, 6.07) is 7.66. The predicted molar refractivity (Wildman–Crippen MR) is 86.1 cm³/mol. The molecule has 5 nitrogen and oxygen atoms in total. The molecule has 22 heavy (non-hydrogen) atoms. The minimum absolute atomic E-state index is 0.0181. The van der Waals surface area contributed by atoms with Crippen molar-refractivity contribution in [2.45, 2.75) is 25.8 Å². The highest BCUT2D eigenvalue weighted by atomic mass is 16.5. The number of Topliss-reactive ketones (excluding diaryl/α,β-unsaturated/α-hetero) is 1. The number of carbonyl (C=O) groups excluding carboxylic acids is 1. The Hall–Kier alpha value is -1.90. The van der Waals surface area contributed by atoms with Crippen LogP contribution < -0.4 is 5.32 Å². The van der Waals surface area contributed by atoms with E-state index >= 15 is 0 Å². The van der Waals surface area contributed by atoms with Crippen LogP contribution in [0.25, 0.3) is 0 Å². The van der Waals surface area contributed by atoms with Crippen molar-refractivity contribution < 1.29 is 9.53 Å². The molecule has 1 saturated heterocycles. The van der Waals surface area contributed by atoms with Gasteiger partial charge in [0.25, 0.3) is 0 Å². The van der Waals surface area contributed by atoms with E-state index in [2.05, 4.69) is 16.3 Å². The lowest BCUT2D eigenvalue weighted by Gasteiger charge is -2.33. The highest BCUT2D eigenvalue weighted by molar-refractivity contribution is 5.99. The Kier molecular flexibility index (Phi) is 5.93. The van der Waals surface area contributed by atoms with Crippen molar-refractivity contribution in [2.24, 2.45) is 0 Å². The van der Waals surface area contributed by atoms with Gasteiger partial charge in [-0.25, -0.2) is 0 Å². The molecule has 0 bridgehead atoms. The molecule has 1 aromatic rings. The minimum Gasteiger partial charge on any atom is -0.383 e. The van der Waals surface area contributed by atoms with Crippen molar-refractivity contribution in [2.75, 3.05) is 38.7 Å². The number of methoxy groups -OCH3 is 1. The van der Waals surface area contributed by atoms with Crippen molar-refractivity contribution in [1.82, 2.24) is 4.90 Å². The third-order valence-corrected chi connectivity index (χ3v) is 4.09. The Bertz CT molecular complexity index is 558. The van der Waals surface area contributed by atoms with Gasteiger partial charge in [0.15, 0.2) is 5.78 Å². The quantitative estimate of drug-likeness (QED) is 0.817. The number of hydrogen-bond acceptors (Lipinski definition) is 5. The lowest BCUT2D eigenvalue weighted by atomic mass is 10.0. The van der Waals surface area contributed by atoms with E-state index in [0.29, 0.717) is 17.2 Å². The number of ether oxygens (including phenoxy) is 1. The summed E-state index contributed by atoms with van der Waals surface area (Å²) >= 11 is 0. The van der Waals surface area contributed by atoms with Crippen LogP contribution in [0.4, 0.5) is 5.69 Å². The van der Waals surface area contributed by atoms with Gasteiger partial charge in [-0.3, -0.25) is 4.79 Å². The molecule has 0 saturated carbocycles. The molecular weight excluding hydrogens is 278 g/mol. The first-order chi connectivity index (χ1) is 10.6. The third-order valence-electron chi connectivity index (χ3n) is 4.09. The third kappa shape index (κ3) is 4.30. The summed E-state index contributed by atoms with van der Waals surface area (Å²) in [5, 5.41) is 12.5. The SMILES string of the molecule is COCCN1CCC(Nc2cc(C#N)ccc2C(C)=O)CC1. The normalized spacial score (nSPS) is 16.2. The first-order valence-electron chi connectivity index (χ1n) is 7.67. The van der Waals surface area contributed by atoms with Crippen LogP contribution in [0, 0.1) is 11.3 Å². The second-order valence-electron chi connectivity index (χ2n) is 5.68. The minimum atomic E-state index is 0.0181. The molecule has 1 heterocycles. The van der Waals surface area contributed by atoms with Crippen LogP contribution in [0.2, 0.25) is 0 Å². The summed E-state index contributed by atoms with van der Waals surface area (Å²) in [4.78, 5) is 14.1. The van der Waals surface area contributed by atoms with Crippen molar-refractivity contribution in [3.8, 4) is 6.07 Å². The summed E-state index contributed by atoms with van der Waals surface area (Å²) < 4.78 is 5.11. The maximum absolute atomic E-state index is 11.7. The van der Waals surface area contributed by atoms with Gasteiger partial charge in [0.1, 0.15) is 0 Å². The standard InChI is InChI=1S/C17H23N3O2/c1-13(21)16-4-3-14(12-18)11-17(16)19-15-5-7-20(8-6-15)9-10-22-2/h3-4,11,15,19H,5-10H2,1-2H3. The summed E-state index contributed by atoms with van der Waals surface area (Å²) in [5.74, 6) is 0.0181. The second-order valence-corrected chi connectivity index (χ2v) is 5.68. The van der Waals surface area contributed by atoms with Gasteiger partial charge in [-0.15, -0.1) is 0 Å². The molecule has 1 aliphatic heterocycles. The molecule has 1 N–H and O–H groups in total. The smallest absolute Gasteiger partial charge is 0.161 e. The Balaban J connectivity index is 1.99. The van der Waals surface area contributed by atoms with Crippen molar-refractivity contribution in [1.29, 1.82) is 5.26 Å². The molecule has 118 valence electrons.